The van der Waals surface area contributed by atoms with Gasteiger partial charge < -0.3 is 4.57 Å². The van der Waals surface area contributed by atoms with Crippen molar-refractivity contribution in [2.24, 2.45) is 0 Å². The van der Waals surface area contributed by atoms with Crippen molar-refractivity contribution in [2.45, 2.75) is 33.1 Å². The minimum absolute atomic E-state index is 0. The number of aromatic nitrogens is 2. The molecule has 4 nitrogen and oxygen atoms in total. The highest BCUT2D eigenvalue weighted by Gasteiger charge is 2.43. The molecule has 3 rings (SSSR count). The Hall–Kier alpha value is -2.87. The van der Waals surface area contributed by atoms with E-state index in [1.54, 1.807) is 12.1 Å². The largest absolute Gasteiger partial charge is 0.471 e. The van der Waals surface area contributed by atoms with Crippen molar-refractivity contribution in [3.05, 3.63) is 72.0 Å². The molecule has 0 fully saturated rings. The number of hydrogen-bond acceptors (Lipinski definition) is 2. The Bertz CT molecular complexity index is 1070. The van der Waals surface area contributed by atoms with Crippen LogP contribution in [0.25, 0.3) is 10.9 Å². The molecule has 1 amide bonds. The van der Waals surface area contributed by atoms with Gasteiger partial charge in [-0.05, 0) is 49.7 Å². The van der Waals surface area contributed by atoms with Gasteiger partial charge in [0.25, 0.3) is 0 Å². The number of allylic oxidation sites excluding steroid dienone is 1. The number of carbonyl (C=O) groups is 1. The van der Waals surface area contributed by atoms with Gasteiger partial charge in [0.05, 0.1) is 17.8 Å². The second kappa shape index (κ2) is 8.87. The van der Waals surface area contributed by atoms with Crippen LogP contribution in [0.15, 0.2) is 49.2 Å². The van der Waals surface area contributed by atoms with Crippen LogP contribution in [-0.4, -0.2) is 21.6 Å². The van der Waals surface area contributed by atoms with Gasteiger partial charge in [-0.1, -0.05) is 6.08 Å². The van der Waals surface area contributed by atoms with Gasteiger partial charge in [0.2, 0.25) is 0 Å². The Morgan fingerprint density at radius 2 is 1.83 bits per heavy atom. The fraction of sp³-hybridized carbons (Fsp3) is 0.238. The zero-order chi connectivity index (χ0) is 21.3. The highest BCUT2D eigenvalue weighted by Crippen LogP contribution is 2.30. The van der Waals surface area contributed by atoms with Crippen molar-refractivity contribution in [3.8, 4) is 0 Å². The third-order valence-electron chi connectivity index (χ3n) is 4.87. The van der Waals surface area contributed by atoms with Gasteiger partial charge in [-0.3, -0.25) is 14.7 Å². The Labute approximate surface area is 177 Å². The van der Waals surface area contributed by atoms with Crippen LogP contribution in [0.2, 0.25) is 0 Å². The first-order valence-electron chi connectivity index (χ1n) is 8.83. The maximum atomic E-state index is 13.3. The molecule has 30 heavy (non-hydrogen) atoms. The van der Waals surface area contributed by atoms with Gasteiger partial charge in [0, 0.05) is 29.5 Å². The van der Waals surface area contributed by atoms with E-state index in [2.05, 4.69) is 11.6 Å². The first kappa shape index (κ1) is 23.4. The lowest BCUT2D eigenvalue weighted by Crippen LogP contribution is -2.41. The quantitative estimate of drug-likeness (QED) is 0.387. The number of rotatable bonds is 5. The number of alkyl halides is 3. The lowest BCUT2D eigenvalue weighted by atomic mass is 10.1. The van der Waals surface area contributed by atoms with Crippen LogP contribution in [0.1, 0.15) is 17.0 Å². The summed E-state index contributed by atoms with van der Waals surface area (Å²) < 4.78 is 54.9. The molecule has 2 aromatic heterocycles. The van der Waals surface area contributed by atoms with E-state index < -0.39 is 24.4 Å². The van der Waals surface area contributed by atoms with Crippen LogP contribution in [-0.2, 0) is 17.9 Å². The van der Waals surface area contributed by atoms with Crippen LogP contribution in [0.4, 0.5) is 23.2 Å². The van der Waals surface area contributed by atoms with E-state index in [1.165, 1.54) is 6.20 Å². The Morgan fingerprint density at radius 1 is 1.20 bits per heavy atom. The van der Waals surface area contributed by atoms with Gasteiger partial charge >= 0.3 is 12.1 Å². The molecule has 0 aliphatic carbocycles. The molecule has 0 spiro atoms. The summed E-state index contributed by atoms with van der Waals surface area (Å²) in [6, 6.07) is 6.08. The number of hydrogen-bond donors (Lipinski definition) is 0. The van der Waals surface area contributed by atoms with Crippen molar-refractivity contribution in [1.29, 1.82) is 0 Å². The molecule has 2 heterocycles. The summed E-state index contributed by atoms with van der Waals surface area (Å²) >= 11 is 0. The Morgan fingerprint density at radius 3 is 2.40 bits per heavy atom. The molecule has 0 radical (unpaired) electrons. The molecule has 0 saturated heterocycles. The average molecular weight is 442 g/mol. The SMILES string of the molecule is C=CCn1c(C)c(C)c2ccnc(CN(C(=O)C(F)(F)F)c3ccc(F)cc3)c21.Cl. The number of pyridine rings is 1. The predicted octanol–water partition coefficient (Wildman–Crippen LogP) is 5.50. The summed E-state index contributed by atoms with van der Waals surface area (Å²) in [5, 5.41) is 0.841. The maximum Gasteiger partial charge on any atom is 0.471 e. The Balaban J connectivity index is 0.00000320. The van der Waals surface area contributed by atoms with Gasteiger partial charge in [-0.15, -0.1) is 19.0 Å². The summed E-state index contributed by atoms with van der Waals surface area (Å²) in [4.78, 5) is 17.0. The summed E-state index contributed by atoms with van der Waals surface area (Å²) in [7, 11) is 0. The van der Waals surface area contributed by atoms with Crippen molar-refractivity contribution in [1.82, 2.24) is 9.55 Å². The van der Waals surface area contributed by atoms with Crippen LogP contribution in [0.5, 0.6) is 0 Å². The third kappa shape index (κ3) is 4.33. The van der Waals surface area contributed by atoms with Crippen molar-refractivity contribution in [2.75, 3.05) is 4.90 Å². The van der Waals surface area contributed by atoms with Gasteiger partial charge in [0.1, 0.15) is 5.82 Å². The minimum Gasteiger partial charge on any atom is -0.339 e. The average Bonchev–Trinajstić information content (AvgIpc) is 2.92. The first-order chi connectivity index (χ1) is 13.6. The van der Waals surface area contributed by atoms with Gasteiger partial charge in [-0.2, -0.15) is 13.2 Å². The second-order valence-electron chi connectivity index (χ2n) is 6.63. The van der Waals surface area contributed by atoms with E-state index in [0.29, 0.717) is 22.7 Å². The van der Waals surface area contributed by atoms with Crippen molar-refractivity contribution < 1.29 is 22.4 Å². The molecule has 0 saturated carbocycles. The van der Waals surface area contributed by atoms with Crippen molar-refractivity contribution in [3.63, 3.8) is 0 Å². The number of carbonyl (C=O) groups excluding carboxylic acids is 1. The van der Waals surface area contributed by atoms with E-state index >= 15 is 0 Å². The number of benzene rings is 1. The summed E-state index contributed by atoms with van der Waals surface area (Å²) in [5.41, 5.74) is 2.79. The van der Waals surface area contributed by atoms with Crippen LogP contribution >= 0.6 is 12.4 Å². The summed E-state index contributed by atoms with van der Waals surface area (Å²) in [6.45, 7) is 7.58. The van der Waals surface area contributed by atoms with Crippen molar-refractivity contribution >= 4 is 34.9 Å². The molecule has 0 atom stereocenters. The standard InChI is InChI=1S/C21H19F4N3O.ClH/c1-4-11-27-14(3)13(2)17-9-10-26-18(19(17)27)12-28(20(29)21(23,24)25)16-7-5-15(22)6-8-16;/h4-10H,1,11-12H2,2-3H3;1H. The van der Waals surface area contributed by atoms with Crippen LogP contribution in [0.3, 0.4) is 0 Å². The number of fused-ring (bicyclic) bond motifs is 1. The highest BCUT2D eigenvalue weighted by atomic mass is 35.5. The van der Waals surface area contributed by atoms with E-state index in [4.69, 9.17) is 0 Å². The minimum atomic E-state index is -5.09. The summed E-state index contributed by atoms with van der Waals surface area (Å²) in [5.74, 6) is -2.65. The fourth-order valence-corrected chi connectivity index (χ4v) is 3.34. The zero-order valence-corrected chi connectivity index (χ0v) is 17.1. The highest BCUT2D eigenvalue weighted by molar-refractivity contribution is 5.98. The monoisotopic (exact) mass is 441 g/mol. The molecule has 0 aliphatic rings. The smallest absolute Gasteiger partial charge is 0.339 e. The molecular weight excluding hydrogens is 422 g/mol. The van der Waals surface area contributed by atoms with Gasteiger partial charge in [0.15, 0.2) is 0 Å². The number of nitrogens with zero attached hydrogens (tertiary/aromatic N) is 3. The lowest BCUT2D eigenvalue weighted by Gasteiger charge is -2.24. The second-order valence-corrected chi connectivity index (χ2v) is 6.63. The van der Waals surface area contributed by atoms with E-state index in [0.717, 1.165) is 40.9 Å². The molecule has 0 N–H and O–H groups in total. The van der Waals surface area contributed by atoms with Crippen LogP contribution < -0.4 is 4.90 Å². The predicted molar refractivity (Wildman–Crippen MR) is 110 cm³/mol. The normalized spacial score (nSPS) is 11.3. The molecule has 160 valence electrons. The molecule has 9 heteroatoms. The first-order valence-corrected chi connectivity index (χ1v) is 8.83. The Kier molecular flexibility index (Phi) is 6.92. The third-order valence-corrected chi connectivity index (χ3v) is 4.87. The zero-order valence-electron chi connectivity index (χ0n) is 16.3. The molecule has 0 aliphatic heterocycles. The maximum absolute atomic E-state index is 13.3. The van der Waals surface area contributed by atoms with Crippen LogP contribution in [0, 0.1) is 19.7 Å². The van der Waals surface area contributed by atoms with E-state index in [-0.39, 0.29) is 18.1 Å². The number of amides is 1. The number of anilines is 1. The molecule has 1 aromatic carbocycles. The summed E-state index contributed by atoms with van der Waals surface area (Å²) in [6.07, 6.45) is -1.90. The fourth-order valence-electron chi connectivity index (χ4n) is 3.34. The van der Waals surface area contributed by atoms with Gasteiger partial charge in [-0.25, -0.2) is 4.39 Å². The van der Waals surface area contributed by atoms with E-state index in [1.807, 2.05) is 18.4 Å². The topological polar surface area (TPSA) is 38.1 Å². The van der Waals surface area contributed by atoms with E-state index in [9.17, 15) is 22.4 Å². The lowest BCUT2D eigenvalue weighted by molar-refractivity contribution is -0.170. The number of aryl methyl sites for hydroxylation is 1. The number of halogens is 5. The molecular formula is C21H20ClF4N3O. The molecule has 0 unspecified atom stereocenters. The molecule has 3 aromatic rings. The molecule has 0 bridgehead atoms.